The summed E-state index contributed by atoms with van der Waals surface area (Å²) in [5.41, 5.74) is 2.71. The quantitative estimate of drug-likeness (QED) is 0.747. The molecule has 1 aliphatic carbocycles. The maximum Gasteiger partial charge on any atom is 0.255 e. The van der Waals surface area contributed by atoms with Crippen molar-refractivity contribution >= 4 is 17.5 Å². The normalized spacial score (nSPS) is 14.4. The van der Waals surface area contributed by atoms with Crippen LogP contribution in [-0.2, 0) is 11.3 Å². The van der Waals surface area contributed by atoms with Crippen LogP contribution in [-0.4, -0.2) is 31.4 Å². The van der Waals surface area contributed by atoms with Crippen molar-refractivity contribution in [1.29, 1.82) is 0 Å². The Kier molecular flexibility index (Phi) is 6.96. The maximum absolute atomic E-state index is 12.1. The summed E-state index contributed by atoms with van der Waals surface area (Å²) in [4.78, 5) is 26.6. The number of hydrogen-bond acceptors (Lipinski definition) is 4. The van der Waals surface area contributed by atoms with Gasteiger partial charge < -0.3 is 20.0 Å². The number of carbonyl (C=O) groups excluding carboxylic acids is 2. The third kappa shape index (κ3) is 5.62. The lowest BCUT2D eigenvalue weighted by Gasteiger charge is -2.33. The van der Waals surface area contributed by atoms with Crippen molar-refractivity contribution in [2.24, 2.45) is 0 Å². The topological polar surface area (TPSA) is 74.6 Å². The van der Waals surface area contributed by atoms with Gasteiger partial charge in [-0.25, -0.2) is 0 Å². The zero-order valence-corrected chi connectivity index (χ0v) is 17.6. The van der Waals surface area contributed by atoms with Crippen LogP contribution in [0.4, 0.5) is 5.69 Å². The lowest BCUT2D eigenvalue weighted by Crippen LogP contribution is -2.36. The molecule has 1 aliphatic rings. The Labute approximate surface area is 172 Å². The molecule has 1 fully saturated rings. The van der Waals surface area contributed by atoms with E-state index in [1.807, 2.05) is 12.1 Å². The third-order valence-electron chi connectivity index (χ3n) is 5.65. The number of anilines is 1. The van der Waals surface area contributed by atoms with E-state index in [4.69, 9.17) is 4.42 Å². The number of nitrogens with one attached hydrogen (secondary N) is 2. The van der Waals surface area contributed by atoms with Gasteiger partial charge in [-0.2, -0.15) is 0 Å². The van der Waals surface area contributed by atoms with E-state index in [1.54, 1.807) is 19.9 Å². The van der Waals surface area contributed by atoms with Gasteiger partial charge in [0.2, 0.25) is 5.91 Å². The van der Waals surface area contributed by atoms with Gasteiger partial charge in [0.25, 0.3) is 5.91 Å². The largest absolute Gasteiger partial charge is 0.466 e. The number of carbonyl (C=O) groups is 2. The van der Waals surface area contributed by atoms with Crippen LogP contribution in [0, 0.1) is 13.8 Å². The molecule has 156 valence electrons. The van der Waals surface area contributed by atoms with Crippen LogP contribution < -0.4 is 15.5 Å². The van der Waals surface area contributed by atoms with E-state index in [9.17, 15) is 9.59 Å². The average Bonchev–Trinajstić information content (AvgIpc) is 3.09. The molecular formula is C23H31N3O3. The van der Waals surface area contributed by atoms with Gasteiger partial charge in [-0.15, -0.1) is 0 Å². The van der Waals surface area contributed by atoms with Crippen LogP contribution in [0.25, 0.3) is 0 Å². The van der Waals surface area contributed by atoms with Gasteiger partial charge in [-0.3, -0.25) is 9.59 Å². The summed E-state index contributed by atoms with van der Waals surface area (Å²) in [5.74, 6) is 0.706. The number of nitrogens with zero attached hydrogens (tertiary/aromatic N) is 1. The fourth-order valence-electron chi connectivity index (χ4n) is 3.90. The van der Waals surface area contributed by atoms with E-state index in [0.29, 0.717) is 29.7 Å². The van der Waals surface area contributed by atoms with Gasteiger partial charge in [0, 0.05) is 25.3 Å². The van der Waals surface area contributed by atoms with Crippen molar-refractivity contribution < 1.29 is 14.0 Å². The Bertz CT molecular complexity index is 836. The molecule has 0 bridgehead atoms. The van der Waals surface area contributed by atoms with Crippen molar-refractivity contribution in [3.63, 3.8) is 0 Å². The molecule has 0 spiro atoms. The zero-order valence-electron chi connectivity index (χ0n) is 17.6. The predicted molar refractivity (Wildman–Crippen MR) is 114 cm³/mol. The molecule has 1 aromatic carbocycles. The maximum atomic E-state index is 12.1. The molecule has 0 saturated heterocycles. The van der Waals surface area contributed by atoms with E-state index in [2.05, 4.69) is 34.7 Å². The molecule has 29 heavy (non-hydrogen) atoms. The van der Waals surface area contributed by atoms with E-state index < -0.39 is 0 Å². The summed E-state index contributed by atoms with van der Waals surface area (Å²) >= 11 is 0. The highest BCUT2D eigenvalue weighted by molar-refractivity contribution is 5.97. The first kappa shape index (κ1) is 21.0. The molecule has 0 aliphatic heterocycles. The lowest BCUT2D eigenvalue weighted by molar-refractivity contribution is -0.120. The number of hydrogen-bond donors (Lipinski definition) is 2. The first-order valence-electron chi connectivity index (χ1n) is 10.4. The summed E-state index contributed by atoms with van der Waals surface area (Å²) < 4.78 is 5.35. The Hall–Kier alpha value is -2.76. The van der Waals surface area contributed by atoms with Crippen molar-refractivity contribution in [3.05, 3.63) is 53.0 Å². The van der Waals surface area contributed by atoms with Crippen molar-refractivity contribution in [1.82, 2.24) is 10.6 Å². The second kappa shape index (κ2) is 9.63. The van der Waals surface area contributed by atoms with Crippen LogP contribution in [0.2, 0.25) is 0 Å². The average molecular weight is 398 g/mol. The minimum atomic E-state index is -0.301. The Balaban J connectivity index is 1.44. The summed E-state index contributed by atoms with van der Waals surface area (Å²) in [7, 11) is 2.17. The highest BCUT2D eigenvalue weighted by Gasteiger charge is 2.18. The van der Waals surface area contributed by atoms with Crippen molar-refractivity contribution in [2.45, 2.75) is 58.5 Å². The fourth-order valence-corrected chi connectivity index (χ4v) is 3.90. The highest BCUT2D eigenvalue weighted by Crippen LogP contribution is 2.26. The van der Waals surface area contributed by atoms with E-state index in [0.717, 1.165) is 5.56 Å². The molecule has 2 amide bonds. The van der Waals surface area contributed by atoms with Gasteiger partial charge in [0.05, 0.1) is 12.1 Å². The van der Waals surface area contributed by atoms with E-state index in [1.165, 1.54) is 37.8 Å². The number of furan rings is 1. The van der Waals surface area contributed by atoms with Crippen molar-refractivity contribution in [2.75, 3.05) is 18.5 Å². The Morgan fingerprint density at radius 1 is 1.07 bits per heavy atom. The van der Waals surface area contributed by atoms with Crippen LogP contribution in [0.3, 0.4) is 0 Å². The molecule has 6 heteroatoms. The molecular weight excluding hydrogens is 366 g/mol. The van der Waals surface area contributed by atoms with Gasteiger partial charge >= 0.3 is 0 Å². The summed E-state index contributed by atoms with van der Waals surface area (Å²) in [5, 5.41) is 5.48. The number of aryl methyl sites for hydroxylation is 2. The highest BCUT2D eigenvalue weighted by atomic mass is 16.3. The Morgan fingerprint density at radius 3 is 2.38 bits per heavy atom. The monoisotopic (exact) mass is 397 g/mol. The lowest BCUT2D eigenvalue weighted by atomic mass is 9.94. The molecule has 1 heterocycles. The van der Waals surface area contributed by atoms with Crippen LogP contribution in [0.1, 0.15) is 59.5 Å². The number of benzene rings is 1. The first-order valence-corrected chi connectivity index (χ1v) is 10.4. The second-order valence-electron chi connectivity index (χ2n) is 7.86. The fraction of sp³-hybridized carbons (Fsp3) is 0.478. The summed E-state index contributed by atoms with van der Waals surface area (Å²) in [6.07, 6.45) is 6.51. The van der Waals surface area contributed by atoms with Crippen LogP contribution in [0.15, 0.2) is 34.7 Å². The molecule has 2 N–H and O–H groups in total. The molecule has 2 aromatic rings. The summed E-state index contributed by atoms with van der Waals surface area (Å²) in [6.45, 7) is 3.89. The minimum Gasteiger partial charge on any atom is -0.466 e. The second-order valence-corrected chi connectivity index (χ2v) is 7.86. The molecule has 0 unspecified atom stereocenters. The molecule has 1 saturated carbocycles. The van der Waals surface area contributed by atoms with Gasteiger partial charge in [0.1, 0.15) is 11.5 Å². The molecule has 0 radical (unpaired) electrons. The standard InChI is InChI=1S/C23H31N3O3/c1-16-13-21(17(2)29-16)23(28)25-15-22(27)24-14-18-9-11-20(12-10-18)26(3)19-7-5-4-6-8-19/h9-13,19H,4-8,14-15H2,1-3H3,(H,24,27)(H,25,28). The molecule has 3 rings (SSSR count). The van der Waals surface area contributed by atoms with Crippen molar-refractivity contribution in [3.8, 4) is 0 Å². The first-order chi connectivity index (χ1) is 13.9. The van der Waals surface area contributed by atoms with E-state index >= 15 is 0 Å². The number of amides is 2. The number of rotatable bonds is 7. The molecule has 1 aromatic heterocycles. The summed E-state index contributed by atoms with van der Waals surface area (Å²) in [6, 6.07) is 10.6. The van der Waals surface area contributed by atoms with Gasteiger partial charge in [-0.05, 0) is 50.5 Å². The van der Waals surface area contributed by atoms with Gasteiger partial charge in [-0.1, -0.05) is 31.4 Å². The predicted octanol–water partition coefficient (Wildman–Crippen LogP) is 3.71. The minimum absolute atomic E-state index is 0.0645. The smallest absolute Gasteiger partial charge is 0.255 e. The van der Waals surface area contributed by atoms with E-state index in [-0.39, 0.29) is 18.4 Å². The van der Waals surface area contributed by atoms with Gasteiger partial charge in [0.15, 0.2) is 0 Å². The third-order valence-corrected chi connectivity index (χ3v) is 5.65. The Morgan fingerprint density at radius 2 is 1.76 bits per heavy atom. The molecule has 0 atom stereocenters. The van der Waals surface area contributed by atoms with Crippen LogP contribution in [0.5, 0.6) is 0 Å². The zero-order chi connectivity index (χ0) is 20.8. The molecule has 6 nitrogen and oxygen atoms in total. The SMILES string of the molecule is Cc1cc(C(=O)NCC(=O)NCc2ccc(N(C)C3CCCCC3)cc2)c(C)o1. The van der Waals surface area contributed by atoms with Crippen LogP contribution >= 0.6 is 0 Å².